The van der Waals surface area contributed by atoms with Crippen LogP contribution >= 0.6 is 11.6 Å². The lowest BCUT2D eigenvalue weighted by molar-refractivity contribution is -0.385. The molecule has 7 nitrogen and oxygen atoms in total. The third kappa shape index (κ3) is 5.42. The predicted molar refractivity (Wildman–Crippen MR) is 89.0 cm³/mol. The van der Waals surface area contributed by atoms with Crippen LogP contribution in [0.5, 0.6) is 11.5 Å². The second-order valence-electron chi connectivity index (χ2n) is 5.04. The fourth-order valence-corrected chi connectivity index (χ4v) is 2.13. The monoisotopic (exact) mass is 402 g/mol. The Balaban J connectivity index is 2.33. The number of alkyl halides is 3. The molecule has 0 bridgehead atoms. The van der Waals surface area contributed by atoms with E-state index in [2.05, 4.69) is 9.99 Å². The molecule has 0 unspecified atom stereocenters. The van der Waals surface area contributed by atoms with Gasteiger partial charge in [0.2, 0.25) is 0 Å². The van der Waals surface area contributed by atoms with Gasteiger partial charge in [0.1, 0.15) is 11.5 Å². The first-order valence-corrected chi connectivity index (χ1v) is 7.49. The summed E-state index contributed by atoms with van der Waals surface area (Å²) in [5.41, 5.74) is -1.35. The molecule has 2 aromatic rings. The molecule has 0 aliphatic carbocycles. The van der Waals surface area contributed by atoms with E-state index in [9.17, 15) is 28.1 Å². The number of halogens is 4. The van der Waals surface area contributed by atoms with E-state index in [0.29, 0.717) is 6.07 Å². The number of oxime groups is 1. The van der Waals surface area contributed by atoms with Crippen LogP contribution in [0.2, 0.25) is 5.02 Å². The van der Waals surface area contributed by atoms with Gasteiger partial charge in [-0.3, -0.25) is 10.1 Å². The number of hydrogen-bond acceptors (Lipinski definition) is 6. The van der Waals surface area contributed by atoms with Gasteiger partial charge in [-0.25, -0.2) is 4.79 Å². The molecule has 2 aromatic carbocycles. The fourth-order valence-electron chi connectivity index (χ4n) is 1.91. The molecule has 0 saturated heterocycles. The van der Waals surface area contributed by atoms with Crippen LogP contribution in [0, 0.1) is 10.1 Å². The average Bonchev–Trinajstić information content (AvgIpc) is 2.55. The highest BCUT2D eigenvalue weighted by Crippen LogP contribution is 2.37. The van der Waals surface area contributed by atoms with Crippen molar-refractivity contribution in [1.29, 1.82) is 0 Å². The predicted octanol–water partition coefficient (Wildman–Crippen LogP) is 4.96. The smallest absolute Gasteiger partial charge is 0.416 e. The minimum Gasteiger partial charge on any atom is -0.456 e. The normalized spacial score (nSPS) is 11.4. The second kappa shape index (κ2) is 8.04. The maximum Gasteiger partial charge on any atom is 0.416 e. The van der Waals surface area contributed by atoms with Crippen molar-refractivity contribution in [2.24, 2.45) is 5.16 Å². The number of benzene rings is 2. The summed E-state index contributed by atoms with van der Waals surface area (Å²) in [7, 11) is 0. The number of nitro benzene ring substituents is 1. The lowest BCUT2D eigenvalue weighted by Gasteiger charge is -2.11. The Bertz CT molecular complexity index is 915. The quantitative estimate of drug-likeness (QED) is 0.305. The third-order valence-corrected chi connectivity index (χ3v) is 3.35. The van der Waals surface area contributed by atoms with Crippen LogP contribution in [0.15, 0.2) is 41.6 Å². The Morgan fingerprint density at radius 2 is 1.96 bits per heavy atom. The summed E-state index contributed by atoms with van der Waals surface area (Å²) in [6, 6.07) is 6.04. The zero-order valence-electron chi connectivity index (χ0n) is 13.5. The number of nitrogens with zero attached hydrogens (tertiary/aromatic N) is 2. The fraction of sp³-hybridized carbons (Fsp3) is 0.125. The molecular formula is C16H10ClF3N2O5. The van der Waals surface area contributed by atoms with E-state index in [0.717, 1.165) is 31.3 Å². The Kier molecular flexibility index (Phi) is 6.01. The first-order valence-electron chi connectivity index (χ1n) is 7.12. The lowest BCUT2D eigenvalue weighted by Crippen LogP contribution is -2.04. The van der Waals surface area contributed by atoms with Crippen LogP contribution in [0.4, 0.5) is 18.9 Å². The highest BCUT2D eigenvalue weighted by Gasteiger charge is 2.31. The third-order valence-electron chi connectivity index (χ3n) is 3.06. The van der Waals surface area contributed by atoms with E-state index in [4.69, 9.17) is 16.3 Å². The SMILES string of the molecule is CC(=O)ON=Cc1cc(Oc2ccc(C(F)(F)F)cc2Cl)ccc1[N+](=O)[O-]. The van der Waals surface area contributed by atoms with Gasteiger partial charge >= 0.3 is 12.1 Å². The van der Waals surface area contributed by atoms with Crippen LogP contribution in [0.1, 0.15) is 18.1 Å². The Morgan fingerprint density at radius 1 is 1.26 bits per heavy atom. The highest BCUT2D eigenvalue weighted by atomic mass is 35.5. The van der Waals surface area contributed by atoms with Crippen LogP contribution in [-0.4, -0.2) is 17.1 Å². The van der Waals surface area contributed by atoms with Crippen LogP contribution < -0.4 is 4.74 Å². The van der Waals surface area contributed by atoms with Crippen molar-refractivity contribution >= 4 is 29.5 Å². The number of nitro groups is 1. The van der Waals surface area contributed by atoms with E-state index >= 15 is 0 Å². The zero-order valence-corrected chi connectivity index (χ0v) is 14.2. The molecule has 0 radical (unpaired) electrons. The van der Waals surface area contributed by atoms with Gasteiger partial charge in [0.05, 0.1) is 27.3 Å². The molecule has 0 heterocycles. The highest BCUT2D eigenvalue weighted by molar-refractivity contribution is 6.32. The molecule has 2 rings (SSSR count). The maximum absolute atomic E-state index is 12.7. The van der Waals surface area contributed by atoms with Crippen molar-refractivity contribution < 1.29 is 32.5 Å². The van der Waals surface area contributed by atoms with Crippen LogP contribution in [0.3, 0.4) is 0 Å². The van der Waals surface area contributed by atoms with Crippen molar-refractivity contribution in [1.82, 2.24) is 0 Å². The summed E-state index contributed by atoms with van der Waals surface area (Å²) >= 11 is 5.81. The largest absolute Gasteiger partial charge is 0.456 e. The van der Waals surface area contributed by atoms with E-state index in [1.807, 2.05) is 0 Å². The van der Waals surface area contributed by atoms with E-state index < -0.39 is 22.6 Å². The minimum absolute atomic E-state index is 0.0477. The first-order chi connectivity index (χ1) is 12.6. The molecule has 0 amide bonds. The van der Waals surface area contributed by atoms with Gasteiger partial charge in [0, 0.05) is 13.0 Å². The van der Waals surface area contributed by atoms with Gasteiger partial charge in [-0.1, -0.05) is 16.8 Å². The van der Waals surface area contributed by atoms with E-state index in [1.54, 1.807) is 0 Å². The van der Waals surface area contributed by atoms with Crippen LogP contribution in [0.25, 0.3) is 0 Å². The standard InChI is InChI=1S/C16H10ClF3N2O5/c1-9(23)27-21-8-10-6-12(3-4-14(10)22(24)25)26-15-5-2-11(7-13(15)17)16(18,19)20/h2-8H,1H3. The van der Waals surface area contributed by atoms with Crippen molar-refractivity contribution in [2.75, 3.05) is 0 Å². The summed E-state index contributed by atoms with van der Waals surface area (Å²) in [5.74, 6) is -0.759. The molecule has 0 aromatic heterocycles. The molecule has 11 heteroatoms. The summed E-state index contributed by atoms with van der Waals surface area (Å²) in [4.78, 5) is 25.4. The van der Waals surface area contributed by atoms with Gasteiger partial charge in [0.15, 0.2) is 0 Å². The van der Waals surface area contributed by atoms with Gasteiger partial charge in [0.25, 0.3) is 5.69 Å². The number of hydrogen-bond donors (Lipinski definition) is 0. The molecule has 0 atom stereocenters. The van der Waals surface area contributed by atoms with E-state index in [-0.39, 0.29) is 27.8 Å². The van der Waals surface area contributed by atoms with Crippen LogP contribution in [-0.2, 0) is 15.8 Å². The summed E-state index contributed by atoms with van der Waals surface area (Å²) < 4.78 is 43.4. The molecule has 0 spiro atoms. The molecule has 0 aliphatic heterocycles. The Morgan fingerprint density at radius 3 is 2.52 bits per heavy atom. The Hall–Kier alpha value is -3.14. The molecule has 0 fully saturated rings. The van der Waals surface area contributed by atoms with Crippen molar-refractivity contribution in [3.05, 3.63) is 62.7 Å². The average molecular weight is 403 g/mol. The number of ether oxygens (including phenoxy) is 1. The molecular weight excluding hydrogens is 393 g/mol. The molecule has 27 heavy (non-hydrogen) atoms. The Labute approximate surface area is 155 Å². The zero-order chi connectivity index (χ0) is 20.2. The summed E-state index contributed by atoms with van der Waals surface area (Å²) in [5, 5.41) is 14.1. The molecule has 0 saturated carbocycles. The van der Waals surface area contributed by atoms with Crippen molar-refractivity contribution in [3.63, 3.8) is 0 Å². The first kappa shape index (κ1) is 20.2. The summed E-state index contributed by atoms with van der Waals surface area (Å²) in [6.07, 6.45) is -3.63. The summed E-state index contributed by atoms with van der Waals surface area (Å²) in [6.45, 7) is 1.10. The van der Waals surface area contributed by atoms with Gasteiger partial charge in [-0.15, -0.1) is 0 Å². The lowest BCUT2D eigenvalue weighted by atomic mass is 10.2. The number of carbonyl (C=O) groups excluding carboxylic acids is 1. The van der Waals surface area contributed by atoms with E-state index in [1.165, 1.54) is 12.1 Å². The molecule has 142 valence electrons. The van der Waals surface area contributed by atoms with Crippen molar-refractivity contribution in [3.8, 4) is 11.5 Å². The topological polar surface area (TPSA) is 91.0 Å². The molecule has 0 N–H and O–H groups in total. The molecule has 0 aliphatic rings. The van der Waals surface area contributed by atoms with Gasteiger partial charge in [-0.05, 0) is 30.3 Å². The van der Waals surface area contributed by atoms with Gasteiger partial charge < -0.3 is 9.57 Å². The minimum atomic E-state index is -4.56. The van der Waals surface area contributed by atoms with Gasteiger partial charge in [-0.2, -0.15) is 13.2 Å². The number of carbonyl (C=O) groups is 1. The maximum atomic E-state index is 12.7. The second-order valence-corrected chi connectivity index (χ2v) is 5.45. The number of rotatable bonds is 5. The van der Waals surface area contributed by atoms with Crippen molar-refractivity contribution in [2.45, 2.75) is 13.1 Å².